The molecule has 3 aromatic carbocycles. The molecule has 2 atom stereocenters. The Bertz CT molecular complexity index is 1410. The lowest BCUT2D eigenvalue weighted by atomic mass is 10.00. The van der Waals surface area contributed by atoms with Gasteiger partial charge in [-0.15, -0.1) is 0 Å². The van der Waals surface area contributed by atoms with Gasteiger partial charge in [-0.25, -0.2) is 17.2 Å². The van der Waals surface area contributed by atoms with E-state index < -0.39 is 39.7 Å². The Morgan fingerprint density at radius 1 is 0.930 bits per heavy atom. The first kappa shape index (κ1) is 35.5. The number of amides is 1. The number of sulfonamides is 1. The van der Waals surface area contributed by atoms with Crippen molar-refractivity contribution in [2.24, 2.45) is 0 Å². The number of halogens is 2. The number of aliphatic hydroxyl groups excluding tert-OH is 1. The lowest BCUT2D eigenvalue weighted by Crippen LogP contribution is -2.48. The SMILES string of the molecule is CCc1cccc(CNC[C@@H](O)[C@H](Cc2cc(F)cc(F)c2)NC(=O)c2ccc(S(=O)(=O)N(CC)CC)cc2)c1.O=CO. The third kappa shape index (κ3) is 10.8. The molecule has 0 aliphatic carbocycles. The van der Waals surface area contributed by atoms with Crippen LogP contribution in [0.3, 0.4) is 0 Å². The average molecular weight is 620 g/mol. The molecule has 3 aromatic rings. The van der Waals surface area contributed by atoms with Crippen LogP contribution in [-0.4, -0.2) is 67.1 Å². The minimum Gasteiger partial charge on any atom is -0.483 e. The summed E-state index contributed by atoms with van der Waals surface area (Å²) in [5.41, 5.74) is 2.69. The summed E-state index contributed by atoms with van der Waals surface area (Å²) in [6.07, 6.45) is -0.216. The van der Waals surface area contributed by atoms with Gasteiger partial charge in [0.2, 0.25) is 10.0 Å². The van der Waals surface area contributed by atoms with Gasteiger partial charge in [0.05, 0.1) is 17.0 Å². The molecule has 0 radical (unpaired) electrons. The van der Waals surface area contributed by atoms with E-state index in [0.29, 0.717) is 19.6 Å². The second kappa shape index (κ2) is 17.4. The van der Waals surface area contributed by atoms with E-state index in [9.17, 15) is 27.1 Å². The van der Waals surface area contributed by atoms with E-state index in [1.54, 1.807) is 13.8 Å². The van der Waals surface area contributed by atoms with Crippen molar-refractivity contribution in [2.45, 2.75) is 57.2 Å². The summed E-state index contributed by atoms with van der Waals surface area (Å²) >= 11 is 0. The normalized spacial score (nSPS) is 12.6. The zero-order valence-corrected chi connectivity index (χ0v) is 25.3. The minimum absolute atomic E-state index is 0.0248. The number of benzene rings is 3. The molecule has 0 heterocycles. The van der Waals surface area contributed by atoms with E-state index in [2.05, 4.69) is 23.6 Å². The molecule has 0 saturated heterocycles. The summed E-state index contributed by atoms with van der Waals surface area (Å²) in [7, 11) is -3.68. The van der Waals surface area contributed by atoms with Gasteiger partial charge in [0.15, 0.2) is 0 Å². The van der Waals surface area contributed by atoms with Crippen LogP contribution in [0.15, 0.2) is 71.6 Å². The fraction of sp³-hybridized carbons (Fsp3) is 0.355. The lowest BCUT2D eigenvalue weighted by Gasteiger charge is -2.25. The fourth-order valence-corrected chi connectivity index (χ4v) is 5.93. The third-order valence-electron chi connectivity index (χ3n) is 6.70. The molecule has 1 amide bonds. The number of hydrogen-bond donors (Lipinski definition) is 4. The standard InChI is InChI=1S/C30H37F2N3O4S.CH2O2/c1-4-21-8-7-9-22(14-21)19-33-20-29(36)28(17-23-15-25(31)18-26(32)16-23)34-30(37)24-10-12-27(13-11-24)40(38,39)35(5-2)6-3;2-1-3/h7-16,18,28-29,33,36H,4-6,17,19-20H2,1-3H3,(H,34,37);1H,(H,2,3)/t28-,29+;/m0./s1. The molecule has 0 aliphatic heterocycles. The van der Waals surface area contributed by atoms with Crippen molar-refractivity contribution in [1.29, 1.82) is 0 Å². The zero-order chi connectivity index (χ0) is 32.0. The van der Waals surface area contributed by atoms with Crippen LogP contribution in [0.25, 0.3) is 0 Å². The Kier molecular flexibility index (Phi) is 14.4. The van der Waals surface area contributed by atoms with Crippen molar-refractivity contribution in [2.75, 3.05) is 19.6 Å². The minimum atomic E-state index is -3.68. The van der Waals surface area contributed by atoms with Crippen molar-refractivity contribution in [3.05, 3.63) is 101 Å². The molecule has 4 N–H and O–H groups in total. The highest BCUT2D eigenvalue weighted by atomic mass is 32.2. The van der Waals surface area contributed by atoms with Crippen LogP contribution >= 0.6 is 0 Å². The smallest absolute Gasteiger partial charge is 0.290 e. The molecular weight excluding hydrogens is 580 g/mol. The predicted octanol–water partition coefficient (Wildman–Crippen LogP) is 3.75. The maximum atomic E-state index is 13.8. The number of rotatable bonds is 14. The van der Waals surface area contributed by atoms with Gasteiger partial charge in [0, 0.05) is 37.8 Å². The van der Waals surface area contributed by atoms with Crippen molar-refractivity contribution in [3.63, 3.8) is 0 Å². The Balaban J connectivity index is 0.00000206. The van der Waals surface area contributed by atoms with Crippen molar-refractivity contribution < 1.29 is 37.0 Å². The van der Waals surface area contributed by atoms with Gasteiger partial charge in [0.25, 0.3) is 12.4 Å². The van der Waals surface area contributed by atoms with E-state index in [1.165, 1.54) is 34.1 Å². The van der Waals surface area contributed by atoms with E-state index in [-0.39, 0.29) is 35.5 Å². The Labute approximate surface area is 251 Å². The maximum Gasteiger partial charge on any atom is 0.290 e. The molecule has 0 saturated carbocycles. The van der Waals surface area contributed by atoms with Crippen LogP contribution in [0.1, 0.15) is 47.8 Å². The van der Waals surface area contributed by atoms with Gasteiger partial charge in [-0.3, -0.25) is 9.59 Å². The van der Waals surface area contributed by atoms with Crippen LogP contribution in [0.4, 0.5) is 8.78 Å². The first-order chi connectivity index (χ1) is 20.5. The number of hydrogen-bond acceptors (Lipinski definition) is 6. The maximum absolute atomic E-state index is 13.8. The number of nitrogens with zero attached hydrogens (tertiary/aromatic N) is 1. The van der Waals surface area contributed by atoms with Crippen molar-refractivity contribution in [1.82, 2.24) is 14.9 Å². The molecule has 0 bridgehead atoms. The highest BCUT2D eigenvalue weighted by molar-refractivity contribution is 7.89. The molecule has 0 aliphatic rings. The van der Waals surface area contributed by atoms with Gasteiger partial charge >= 0.3 is 0 Å². The number of aryl methyl sites for hydroxylation is 1. The van der Waals surface area contributed by atoms with E-state index in [1.807, 2.05) is 18.2 Å². The fourth-order valence-electron chi connectivity index (χ4n) is 4.47. The molecule has 3 rings (SSSR count). The largest absolute Gasteiger partial charge is 0.483 e. The summed E-state index contributed by atoms with van der Waals surface area (Å²) in [5, 5.41) is 23.8. The number of aliphatic hydroxyl groups is 1. The van der Waals surface area contributed by atoms with Gasteiger partial charge in [-0.05, 0) is 65.9 Å². The highest BCUT2D eigenvalue weighted by Gasteiger charge is 2.25. The second-order valence-corrected chi connectivity index (χ2v) is 11.6. The van der Waals surface area contributed by atoms with Crippen LogP contribution in [-0.2, 0) is 34.2 Å². The summed E-state index contributed by atoms with van der Waals surface area (Å²) in [6, 6.07) is 15.7. The molecule has 234 valence electrons. The average Bonchev–Trinajstić information content (AvgIpc) is 2.97. The number of nitrogens with one attached hydrogen (secondary N) is 2. The summed E-state index contributed by atoms with van der Waals surface area (Å²) in [5.74, 6) is -2.06. The van der Waals surface area contributed by atoms with Crippen LogP contribution in [0.2, 0.25) is 0 Å². The van der Waals surface area contributed by atoms with E-state index >= 15 is 0 Å². The Morgan fingerprint density at radius 3 is 2.07 bits per heavy atom. The molecule has 43 heavy (non-hydrogen) atoms. The molecular formula is C31H39F2N3O6S. The van der Waals surface area contributed by atoms with Crippen LogP contribution in [0, 0.1) is 11.6 Å². The van der Waals surface area contributed by atoms with E-state index in [4.69, 9.17) is 9.90 Å². The number of carbonyl (C=O) groups is 2. The summed E-state index contributed by atoms with van der Waals surface area (Å²) in [4.78, 5) is 21.5. The van der Waals surface area contributed by atoms with Gasteiger partial charge < -0.3 is 20.8 Å². The van der Waals surface area contributed by atoms with Gasteiger partial charge in [-0.2, -0.15) is 4.31 Å². The molecule has 9 nitrogen and oxygen atoms in total. The Hall–Kier alpha value is -3.71. The highest BCUT2D eigenvalue weighted by Crippen LogP contribution is 2.17. The first-order valence-electron chi connectivity index (χ1n) is 13.9. The third-order valence-corrected chi connectivity index (χ3v) is 8.76. The second-order valence-electron chi connectivity index (χ2n) is 9.65. The quantitative estimate of drug-likeness (QED) is 0.202. The van der Waals surface area contributed by atoms with Gasteiger partial charge in [0.1, 0.15) is 11.6 Å². The van der Waals surface area contributed by atoms with E-state index in [0.717, 1.165) is 30.2 Å². The monoisotopic (exact) mass is 619 g/mol. The number of carbonyl (C=O) groups excluding carboxylic acids is 1. The molecule has 0 aromatic heterocycles. The van der Waals surface area contributed by atoms with Crippen LogP contribution < -0.4 is 10.6 Å². The van der Waals surface area contributed by atoms with Crippen molar-refractivity contribution >= 4 is 22.4 Å². The number of carboxylic acid groups (broad SMARTS) is 1. The van der Waals surface area contributed by atoms with Crippen LogP contribution in [0.5, 0.6) is 0 Å². The molecule has 0 unspecified atom stereocenters. The topological polar surface area (TPSA) is 136 Å². The lowest BCUT2D eigenvalue weighted by molar-refractivity contribution is -0.122. The Morgan fingerprint density at radius 2 is 1.51 bits per heavy atom. The molecule has 0 spiro atoms. The van der Waals surface area contributed by atoms with Gasteiger partial charge in [-0.1, -0.05) is 45.0 Å². The van der Waals surface area contributed by atoms with Crippen molar-refractivity contribution in [3.8, 4) is 0 Å². The predicted molar refractivity (Wildman–Crippen MR) is 160 cm³/mol. The molecule has 12 heteroatoms. The summed E-state index contributed by atoms with van der Waals surface area (Å²) in [6.45, 7) is 6.55. The zero-order valence-electron chi connectivity index (χ0n) is 24.5. The first-order valence-corrected chi connectivity index (χ1v) is 15.3. The summed E-state index contributed by atoms with van der Waals surface area (Å²) < 4.78 is 54.5. The molecule has 0 fully saturated rings.